The summed E-state index contributed by atoms with van der Waals surface area (Å²) in [6.45, 7) is -0.0718. The molecule has 0 aliphatic carbocycles. The predicted octanol–water partition coefficient (Wildman–Crippen LogP) is 2.69. The van der Waals surface area contributed by atoms with E-state index in [1.54, 1.807) is 0 Å². The molecule has 0 bridgehead atoms. The molecule has 0 saturated carbocycles. The second kappa shape index (κ2) is 5.74. The standard InChI is InChI=1S/C12H9N3O5/c16-9-3-1-8(2-4-9)12(17)14-13-7-10-5-6-11(20-10)15(18)19/h1-6,16H,7H2. The summed E-state index contributed by atoms with van der Waals surface area (Å²) >= 11 is 0. The number of benzene rings is 1. The summed E-state index contributed by atoms with van der Waals surface area (Å²) in [5.74, 6) is -0.688. The van der Waals surface area contributed by atoms with Crippen molar-refractivity contribution in [2.75, 3.05) is 0 Å². The number of hydrogen-bond donors (Lipinski definition) is 1. The quantitative estimate of drug-likeness (QED) is 0.522. The van der Waals surface area contributed by atoms with Crippen LogP contribution in [0.3, 0.4) is 0 Å². The number of carbonyl (C=O) groups excluding carboxylic acids is 1. The molecule has 0 spiro atoms. The first kappa shape index (κ1) is 13.4. The van der Waals surface area contributed by atoms with E-state index in [1.165, 1.54) is 36.4 Å². The smallest absolute Gasteiger partial charge is 0.433 e. The van der Waals surface area contributed by atoms with Crippen LogP contribution in [0.2, 0.25) is 0 Å². The Balaban J connectivity index is 1.97. The van der Waals surface area contributed by atoms with E-state index in [2.05, 4.69) is 10.2 Å². The Morgan fingerprint density at radius 2 is 1.95 bits per heavy atom. The Bertz CT molecular complexity index is 660. The first-order valence-electron chi connectivity index (χ1n) is 5.50. The molecule has 0 radical (unpaired) electrons. The second-order valence-electron chi connectivity index (χ2n) is 3.75. The molecule has 1 aromatic heterocycles. The van der Waals surface area contributed by atoms with Gasteiger partial charge >= 0.3 is 5.88 Å². The van der Waals surface area contributed by atoms with Crippen molar-refractivity contribution in [3.8, 4) is 5.75 Å². The maximum atomic E-state index is 11.6. The van der Waals surface area contributed by atoms with E-state index in [9.17, 15) is 14.9 Å². The highest BCUT2D eigenvalue weighted by Gasteiger charge is 2.11. The number of azo groups is 1. The van der Waals surface area contributed by atoms with Crippen molar-refractivity contribution in [3.05, 3.63) is 57.8 Å². The lowest BCUT2D eigenvalue weighted by Gasteiger charge is -1.94. The predicted molar refractivity (Wildman–Crippen MR) is 66.4 cm³/mol. The number of aromatic hydroxyl groups is 1. The molecule has 0 fully saturated rings. The average molecular weight is 275 g/mol. The van der Waals surface area contributed by atoms with Crippen LogP contribution in [-0.4, -0.2) is 15.9 Å². The molecule has 20 heavy (non-hydrogen) atoms. The van der Waals surface area contributed by atoms with Crippen LogP contribution in [0.1, 0.15) is 16.1 Å². The van der Waals surface area contributed by atoms with Crippen molar-refractivity contribution >= 4 is 11.8 Å². The molecule has 0 aliphatic heterocycles. The molecule has 0 saturated heterocycles. The average Bonchev–Trinajstić information content (AvgIpc) is 2.88. The fourth-order valence-electron chi connectivity index (χ4n) is 1.38. The molecular weight excluding hydrogens is 266 g/mol. The largest absolute Gasteiger partial charge is 0.508 e. The molecular formula is C12H9N3O5. The highest BCUT2D eigenvalue weighted by molar-refractivity contribution is 5.94. The first-order valence-corrected chi connectivity index (χ1v) is 5.50. The van der Waals surface area contributed by atoms with Crippen LogP contribution in [0, 0.1) is 10.1 Å². The number of phenolic OH excluding ortho intramolecular Hbond substituents is 1. The van der Waals surface area contributed by atoms with Crippen molar-refractivity contribution in [2.24, 2.45) is 10.2 Å². The van der Waals surface area contributed by atoms with Crippen molar-refractivity contribution in [1.29, 1.82) is 0 Å². The van der Waals surface area contributed by atoms with Gasteiger partial charge in [-0.3, -0.25) is 14.9 Å². The Kier molecular flexibility index (Phi) is 3.85. The topological polar surface area (TPSA) is 118 Å². The second-order valence-corrected chi connectivity index (χ2v) is 3.75. The fourth-order valence-corrected chi connectivity index (χ4v) is 1.38. The third kappa shape index (κ3) is 3.25. The van der Waals surface area contributed by atoms with Gasteiger partial charge in [-0.2, -0.15) is 5.11 Å². The summed E-state index contributed by atoms with van der Waals surface area (Å²) in [4.78, 5) is 21.3. The van der Waals surface area contributed by atoms with Crippen molar-refractivity contribution in [1.82, 2.24) is 0 Å². The third-order valence-corrected chi connectivity index (χ3v) is 2.33. The summed E-state index contributed by atoms with van der Waals surface area (Å²) in [6, 6.07) is 8.13. The van der Waals surface area contributed by atoms with Crippen LogP contribution in [0.15, 0.2) is 51.0 Å². The van der Waals surface area contributed by atoms with Crippen molar-refractivity contribution < 1.29 is 19.2 Å². The molecule has 1 N–H and O–H groups in total. The maximum Gasteiger partial charge on any atom is 0.433 e. The number of nitrogens with zero attached hydrogens (tertiary/aromatic N) is 3. The zero-order valence-corrected chi connectivity index (χ0v) is 10.1. The van der Waals surface area contributed by atoms with Crippen molar-refractivity contribution in [2.45, 2.75) is 6.54 Å². The minimum absolute atomic E-state index is 0.0429. The van der Waals surface area contributed by atoms with E-state index in [-0.39, 0.29) is 29.5 Å². The van der Waals surface area contributed by atoms with Gasteiger partial charge in [0.05, 0.1) is 6.07 Å². The molecule has 8 nitrogen and oxygen atoms in total. The number of rotatable bonds is 4. The normalized spacial score (nSPS) is 10.8. The van der Waals surface area contributed by atoms with E-state index < -0.39 is 10.8 Å². The lowest BCUT2D eigenvalue weighted by molar-refractivity contribution is -0.402. The van der Waals surface area contributed by atoms with Gasteiger partial charge in [-0.15, -0.1) is 5.11 Å². The molecule has 1 heterocycles. The minimum atomic E-state index is -0.664. The van der Waals surface area contributed by atoms with Gasteiger partial charge in [-0.1, -0.05) is 0 Å². The Morgan fingerprint density at radius 3 is 2.55 bits per heavy atom. The van der Waals surface area contributed by atoms with Crippen LogP contribution < -0.4 is 0 Å². The van der Waals surface area contributed by atoms with Gasteiger partial charge in [0.25, 0.3) is 5.91 Å². The van der Waals surface area contributed by atoms with Gasteiger partial charge in [0.2, 0.25) is 0 Å². The van der Waals surface area contributed by atoms with Crippen molar-refractivity contribution in [3.63, 3.8) is 0 Å². The third-order valence-electron chi connectivity index (χ3n) is 2.33. The van der Waals surface area contributed by atoms with E-state index >= 15 is 0 Å². The fraction of sp³-hybridized carbons (Fsp3) is 0.0833. The summed E-state index contributed by atoms with van der Waals surface area (Å²) in [5.41, 5.74) is 0.275. The molecule has 1 aromatic carbocycles. The van der Waals surface area contributed by atoms with Crippen LogP contribution in [0.25, 0.3) is 0 Å². The van der Waals surface area contributed by atoms with Crippen LogP contribution in [0.4, 0.5) is 5.88 Å². The van der Waals surface area contributed by atoms with E-state index in [0.717, 1.165) is 0 Å². The number of furan rings is 1. The number of amides is 1. The van der Waals surface area contributed by atoms with Gasteiger partial charge in [-0.25, -0.2) is 0 Å². The lowest BCUT2D eigenvalue weighted by atomic mass is 10.2. The molecule has 2 rings (SSSR count). The minimum Gasteiger partial charge on any atom is -0.508 e. The molecule has 2 aromatic rings. The van der Waals surface area contributed by atoms with E-state index in [0.29, 0.717) is 0 Å². The summed E-state index contributed by atoms with van der Waals surface area (Å²) in [5, 5.41) is 26.5. The zero-order valence-electron chi connectivity index (χ0n) is 10.1. The summed E-state index contributed by atoms with van der Waals surface area (Å²) < 4.78 is 4.85. The lowest BCUT2D eigenvalue weighted by Crippen LogP contribution is -1.93. The summed E-state index contributed by atoms with van der Waals surface area (Å²) in [7, 11) is 0. The van der Waals surface area contributed by atoms with Gasteiger partial charge in [0.1, 0.15) is 23.0 Å². The highest BCUT2D eigenvalue weighted by Crippen LogP contribution is 2.16. The first-order chi connectivity index (χ1) is 9.56. The Hall–Kier alpha value is -3.03. The monoisotopic (exact) mass is 275 g/mol. The van der Waals surface area contributed by atoms with Crippen LogP contribution >= 0.6 is 0 Å². The zero-order chi connectivity index (χ0) is 14.5. The molecule has 0 unspecified atom stereocenters. The SMILES string of the molecule is O=C(N=NCc1ccc([N+](=O)[O-])o1)c1ccc(O)cc1. The number of phenols is 1. The molecule has 8 heteroatoms. The molecule has 0 atom stereocenters. The van der Waals surface area contributed by atoms with E-state index in [1.807, 2.05) is 0 Å². The van der Waals surface area contributed by atoms with Gasteiger partial charge in [-0.05, 0) is 30.3 Å². The number of hydrogen-bond acceptors (Lipinski definition) is 6. The Labute approximate surface area is 112 Å². The van der Waals surface area contributed by atoms with Crippen LogP contribution in [-0.2, 0) is 6.54 Å². The van der Waals surface area contributed by atoms with Gasteiger partial charge in [0.15, 0.2) is 0 Å². The highest BCUT2D eigenvalue weighted by atomic mass is 16.6. The van der Waals surface area contributed by atoms with Gasteiger partial charge < -0.3 is 9.52 Å². The molecule has 1 amide bonds. The summed E-state index contributed by atoms with van der Waals surface area (Å²) in [6.07, 6.45) is 0. The Morgan fingerprint density at radius 1 is 1.25 bits per heavy atom. The number of nitro groups is 1. The molecule has 102 valence electrons. The maximum absolute atomic E-state index is 11.6. The van der Waals surface area contributed by atoms with E-state index in [4.69, 9.17) is 9.52 Å². The van der Waals surface area contributed by atoms with Gasteiger partial charge in [0, 0.05) is 5.56 Å². The molecule has 0 aliphatic rings. The van der Waals surface area contributed by atoms with Crippen LogP contribution in [0.5, 0.6) is 5.75 Å². The number of carbonyl (C=O) groups is 1.